The minimum atomic E-state index is -0.580. The van der Waals surface area contributed by atoms with Crippen LogP contribution in [0.25, 0.3) is 11.3 Å². The van der Waals surface area contributed by atoms with Crippen LogP contribution >= 0.6 is 23.2 Å². The van der Waals surface area contributed by atoms with Crippen molar-refractivity contribution < 1.29 is 24.2 Å². The van der Waals surface area contributed by atoms with Gasteiger partial charge >= 0.3 is 12.2 Å². The molecule has 1 atom stereocenters. The molecule has 1 aliphatic heterocycles. The van der Waals surface area contributed by atoms with Gasteiger partial charge in [0, 0.05) is 47.4 Å². The molecule has 0 fully saturated rings. The molecule has 3 rings (SSSR count). The molecule has 2 heterocycles. The Morgan fingerprint density at radius 1 is 1.03 bits per heavy atom. The first-order valence-corrected chi connectivity index (χ1v) is 11.6. The van der Waals surface area contributed by atoms with E-state index < -0.39 is 18.3 Å². The van der Waals surface area contributed by atoms with Crippen molar-refractivity contribution in [2.45, 2.75) is 72.1 Å². The van der Waals surface area contributed by atoms with Crippen molar-refractivity contribution in [2.24, 2.45) is 0 Å². The standard InChI is InChI=1S/C23H29Cl2N3O5/c1-12(2)26-22(30)32-10-16-17(11-33-23(31)27-13(3)4)21(28-9-15(29)8-20(16)28)14-5-6-18(24)19(25)7-14/h5-7,12-13,15,29H,8-11H2,1-4H3,(H,26,30)(H,27,31). The molecule has 0 saturated heterocycles. The molecule has 180 valence electrons. The van der Waals surface area contributed by atoms with Crippen molar-refractivity contribution in [1.29, 1.82) is 0 Å². The predicted molar refractivity (Wildman–Crippen MR) is 127 cm³/mol. The fourth-order valence-electron chi connectivity index (χ4n) is 3.84. The summed E-state index contributed by atoms with van der Waals surface area (Å²) in [6, 6.07) is 5.07. The number of fused-ring (bicyclic) bond motifs is 1. The molecule has 0 bridgehead atoms. The summed E-state index contributed by atoms with van der Waals surface area (Å²) in [7, 11) is 0. The van der Waals surface area contributed by atoms with Gasteiger partial charge in [-0.2, -0.15) is 0 Å². The first kappa shape index (κ1) is 25.2. The second kappa shape index (κ2) is 10.7. The number of aliphatic hydroxyl groups is 1. The number of hydrogen-bond acceptors (Lipinski definition) is 5. The first-order valence-electron chi connectivity index (χ1n) is 10.8. The molecule has 3 N–H and O–H groups in total. The highest BCUT2D eigenvalue weighted by Crippen LogP contribution is 2.39. The topological polar surface area (TPSA) is 102 Å². The molecule has 1 aliphatic rings. The predicted octanol–water partition coefficient (Wildman–Crippen LogP) is 4.65. The van der Waals surface area contributed by atoms with E-state index in [0.717, 1.165) is 17.0 Å². The van der Waals surface area contributed by atoms with Gasteiger partial charge in [0.2, 0.25) is 0 Å². The maximum atomic E-state index is 12.2. The lowest BCUT2D eigenvalue weighted by molar-refractivity contribution is 0.129. The summed E-state index contributed by atoms with van der Waals surface area (Å²) in [6.45, 7) is 7.62. The average molecular weight is 498 g/mol. The molecule has 10 heteroatoms. The Kier molecular flexibility index (Phi) is 8.15. The number of halogens is 2. The summed E-state index contributed by atoms with van der Waals surface area (Å²) in [5.74, 6) is 0. The van der Waals surface area contributed by atoms with Crippen LogP contribution in [-0.4, -0.2) is 40.0 Å². The molecule has 2 amide bonds. The molecule has 33 heavy (non-hydrogen) atoms. The number of nitrogens with one attached hydrogen (secondary N) is 2. The van der Waals surface area contributed by atoms with Crippen LogP contribution < -0.4 is 10.6 Å². The fraction of sp³-hybridized carbons (Fsp3) is 0.478. The normalized spacial score (nSPS) is 15.0. The van der Waals surface area contributed by atoms with E-state index in [2.05, 4.69) is 10.6 Å². The summed E-state index contributed by atoms with van der Waals surface area (Å²) in [4.78, 5) is 24.3. The maximum absolute atomic E-state index is 12.2. The number of carbonyl (C=O) groups is 2. The largest absolute Gasteiger partial charge is 0.445 e. The SMILES string of the molecule is CC(C)NC(=O)OCc1c(COC(=O)NC(C)C)c(-c2ccc(Cl)c(Cl)c2)n2c1CC(O)C2. The number of nitrogens with zero attached hydrogens (tertiary/aromatic N) is 1. The number of ether oxygens (including phenoxy) is 2. The highest BCUT2D eigenvalue weighted by molar-refractivity contribution is 6.42. The Balaban J connectivity index is 2.03. The van der Waals surface area contributed by atoms with Gasteiger partial charge in [-0.1, -0.05) is 29.3 Å². The van der Waals surface area contributed by atoms with E-state index >= 15 is 0 Å². The number of benzene rings is 1. The molecule has 0 radical (unpaired) electrons. The molecule has 2 aromatic rings. The van der Waals surface area contributed by atoms with Gasteiger partial charge in [-0.15, -0.1) is 0 Å². The summed E-state index contributed by atoms with van der Waals surface area (Å²) in [5.41, 5.74) is 3.69. The molecular formula is C23H29Cl2N3O5. The molecule has 0 spiro atoms. The quantitative estimate of drug-likeness (QED) is 0.516. The van der Waals surface area contributed by atoms with Crippen LogP contribution in [0.2, 0.25) is 10.0 Å². The molecule has 1 unspecified atom stereocenters. The van der Waals surface area contributed by atoms with Crippen LogP contribution in [0.1, 0.15) is 44.5 Å². The number of rotatable bonds is 7. The monoisotopic (exact) mass is 497 g/mol. The molecule has 0 saturated carbocycles. The third-order valence-corrected chi connectivity index (χ3v) is 5.86. The van der Waals surface area contributed by atoms with Gasteiger partial charge in [0.05, 0.1) is 21.8 Å². The Bertz CT molecular complexity index is 1040. The number of aromatic nitrogens is 1. The fourth-order valence-corrected chi connectivity index (χ4v) is 4.14. The van der Waals surface area contributed by atoms with Crippen LogP contribution in [0.5, 0.6) is 0 Å². The minimum Gasteiger partial charge on any atom is -0.445 e. The second-order valence-electron chi connectivity index (χ2n) is 8.60. The van der Waals surface area contributed by atoms with Gasteiger partial charge in [-0.05, 0) is 39.8 Å². The Hall–Kier alpha value is -2.42. The van der Waals surface area contributed by atoms with E-state index in [1.807, 2.05) is 38.3 Å². The third kappa shape index (κ3) is 6.13. The number of amides is 2. The van der Waals surface area contributed by atoms with Crippen LogP contribution in [0, 0.1) is 0 Å². The van der Waals surface area contributed by atoms with E-state index in [0.29, 0.717) is 34.1 Å². The zero-order valence-electron chi connectivity index (χ0n) is 19.1. The van der Waals surface area contributed by atoms with Gasteiger partial charge in [-0.25, -0.2) is 9.59 Å². The van der Waals surface area contributed by atoms with E-state index in [4.69, 9.17) is 32.7 Å². The Morgan fingerprint density at radius 3 is 2.15 bits per heavy atom. The summed E-state index contributed by atoms with van der Waals surface area (Å²) in [5, 5.41) is 16.5. The van der Waals surface area contributed by atoms with E-state index in [-0.39, 0.29) is 25.3 Å². The summed E-state index contributed by atoms with van der Waals surface area (Å²) >= 11 is 12.4. The molecule has 8 nitrogen and oxygen atoms in total. The lowest BCUT2D eigenvalue weighted by Gasteiger charge is -2.15. The molecule has 1 aromatic carbocycles. The van der Waals surface area contributed by atoms with Crippen molar-refractivity contribution in [3.8, 4) is 11.3 Å². The van der Waals surface area contributed by atoms with Crippen molar-refractivity contribution in [2.75, 3.05) is 0 Å². The van der Waals surface area contributed by atoms with Gasteiger partial charge in [0.25, 0.3) is 0 Å². The number of carbonyl (C=O) groups excluding carboxylic acids is 2. The summed E-state index contributed by atoms with van der Waals surface area (Å²) in [6.07, 6.45) is -1.30. The Morgan fingerprint density at radius 2 is 1.61 bits per heavy atom. The number of alkyl carbamates (subject to hydrolysis) is 2. The van der Waals surface area contributed by atoms with Crippen molar-refractivity contribution in [3.05, 3.63) is 45.1 Å². The van der Waals surface area contributed by atoms with Gasteiger partial charge in [0.1, 0.15) is 13.2 Å². The molecule has 0 aliphatic carbocycles. The van der Waals surface area contributed by atoms with E-state index in [1.54, 1.807) is 12.1 Å². The highest BCUT2D eigenvalue weighted by atomic mass is 35.5. The van der Waals surface area contributed by atoms with E-state index in [9.17, 15) is 14.7 Å². The van der Waals surface area contributed by atoms with Crippen LogP contribution in [0.3, 0.4) is 0 Å². The summed E-state index contributed by atoms with van der Waals surface area (Å²) < 4.78 is 12.9. The van der Waals surface area contributed by atoms with Gasteiger partial charge < -0.3 is 29.8 Å². The van der Waals surface area contributed by atoms with Crippen LogP contribution in [-0.2, 0) is 35.7 Å². The van der Waals surface area contributed by atoms with Gasteiger partial charge in [-0.3, -0.25) is 0 Å². The molecule has 1 aromatic heterocycles. The zero-order valence-corrected chi connectivity index (χ0v) is 20.6. The maximum Gasteiger partial charge on any atom is 0.407 e. The first-order chi connectivity index (χ1) is 15.6. The third-order valence-electron chi connectivity index (χ3n) is 5.12. The second-order valence-corrected chi connectivity index (χ2v) is 9.41. The highest BCUT2D eigenvalue weighted by Gasteiger charge is 2.32. The van der Waals surface area contributed by atoms with Crippen LogP contribution in [0.4, 0.5) is 9.59 Å². The lowest BCUT2D eigenvalue weighted by atomic mass is 10.0. The molecular weight excluding hydrogens is 469 g/mol. The minimum absolute atomic E-state index is 0.0353. The zero-order chi connectivity index (χ0) is 24.3. The van der Waals surface area contributed by atoms with Gasteiger partial charge in [0.15, 0.2) is 0 Å². The van der Waals surface area contributed by atoms with Crippen molar-refractivity contribution >= 4 is 35.4 Å². The Labute approximate surface area is 203 Å². The van der Waals surface area contributed by atoms with Crippen LogP contribution in [0.15, 0.2) is 18.2 Å². The van der Waals surface area contributed by atoms with Crippen molar-refractivity contribution in [1.82, 2.24) is 15.2 Å². The lowest BCUT2D eigenvalue weighted by Crippen LogP contribution is -2.31. The van der Waals surface area contributed by atoms with E-state index in [1.165, 1.54) is 0 Å². The average Bonchev–Trinajstić information content (AvgIpc) is 3.20. The smallest absolute Gasteiger partial charge is 0.407 e. The van der Waals surface area contributed by atoms with Crippen molar-refractivity contribution in [3.63, 3.8) is 0 Å². The number of hydrogen-bond donors (Lipinski definition) is 3. The number of aliphatic hydroxyl groups excluding tert-OH is 1.